The van der Waals surface area contributed by atoms with Crippen LogP contribution in [0.2, 0.25) is 10.4 Å². The molecule has 0 aliphatic rings. The number of aromatic nitrogens is 4. The molecule has 4 nitrogen and oxygen atoms in total. The Morgan fingerprint density at radius 1 is 1.42 bits per heavy atom. The van der Waals surface area contributed by atoms with Crippen molar-refractivity contribution < 1.29 is 4.68 Å². The number of aromatic amines is 1. The van der Waals surface area contributed by atoms with Gasteiger partial charge in [-0.2, -0.15) is 4.98 Å². The number of fused-ring (bicyclic) bond motifs is 1. The van der Waals surface area contributed by atoms with Crippen molar-refractivity contribution in [1.82, 2.24) is 15.1 Å². The fourth-order valence-electron chi connectivity index (χ4n) is 1.01. The molecule has 62 valence electrons. The highest BCUT2D eigenvalue weighted by atomic mass is 35.5. The zero-order valence-corrected chi connectivity index (χ0v) is 7.69. The Kier molecular flexibility index (Phi) is 1.66. The smallest absolute Gasteiger partial charge is 0.205 e. The molecule has 0 saturated heterocycles. The van der Waals surface area contributed by atoms with Crippen molar-refractivity contribution >= 4 is 34.2 Å². The van der Waals surface area contributed by atoms with Crippen molar-refractivity contribution in [2.24, 2.45) is 7.05 Å². The van der Waals surface area contributed by atoms with Crippen LogP contribution in [0, 0.1) is 0 Å². The zero-order chi connectivity index (χ0) is 8.72. The molecule has 0 saturated carbocycles. The molecule has 0 spiro atoms. The van der Waals surface area contributed by atoms with E-state index in [2.05, 4.69) is 15.1 Å². The highest BCUT2D eigenvalue weighted by molar-refractivity contribution is 6.35. The van der Waals surface area contributed by atoms with Gasteiger partial charge in [0.25, 0.3) is 0 Å². The van der Waals surface area contributed by atoms with Gasteiger partial charge in [0.2, 0.25) is 17.1 Å². The largest absolute Gasteiger partial charge is 0.225 e. The van der Waals surface area contributed by atoms with Crippen molar-refractivity contribution in [2.45, 2.75) is 0 Å². The van der Waals surface area contributed by atoms with Crippen LogP contribution in [-0.2, 0) is 7.05 Å². The lowest BCUT2D eigenvalue weighted by Gasteiger charge is -1.88. The summed E-state index contributed by atoms with van der Waals surface area (Å²) in [4.78, 5) is 7.75. The third kappa shape index (κ3) is 1.13. The normalized spacial score (nSPS) is 10.9. The minimum absolute atomic E-state index is 0.148. The summed E-state index contributed by atoms with van der Waals surface area (Å²) in [6, 6.07) is 0. The molecular weight excluding hydrogens is 199 g/mol. The van der Waals surface area contributed by atoms with Crippen LogP contribution in [0.5, 0.6) is 0 Å². The average molecular weight is 204 g/mol. The highest BCUT2D eigenvalue weighted by Crippen LogP contribution is 2.18. The summed E-state index contributed by atoms with van der Waals surface area (Å²) in [5.41, 5.74) is 0.641. The van der Waals surface area contributed by atoms with Gasteiger partial charge >= 0.3 is 0 Å². The quantitative estimate of drug-likeness (QED) is 0.396. The SMILES string of the molecule is C[n+]1cc2c(Cl)nc(Cl)nc2[nH]1. The molecule has 0 amide bonds. The minimum Gasteiger partial charge on any atom is -0.205 e. The Hall–Kier alpha value is -0.870. The first kappa shape index (κ1) is 7.76. The number of aryl methyl sites for hydroxylation is 1. The molecule has 1 N–H and O–H groups in total. The van der Waals surface area contributed by atoms with E-state index in [4.69, 9.17) is 23.2 Å². The average Bonchev–Trinajstić information content (AvgIpc) is 2.29. The fourth-order valence-corrected chi connectivity index (χ4v) is 1.44. The third-order valence-corrected chi connectivity index (χ3v) is 1.93. The van der Waals surface area contributed by atoms with Crippen LogP contribution in [0.1, 0.15) is 0 Å². The van der Waals surface area contributed by atoms with Crippen LogP contribution >= 0.6 is 23.2 Å². The Bertz CT molecular complexity index is 436. The van der Waals surface area contributed by atoms with Gasteiger partial charge in [-0.15, -0.1) is 9.78 Å². The monoisotopic (exact) mass is 203 g/mol. The summed E-state index contributed by atoms with van der Waals surface area (Å²) in [6.45, 7) is 0. The molecule has 2 aromatic rings. The number of H-pyrrole nitrogens is 1. The maximum atomic E-state index is 5.81. The van der Waals surface area contributed by atoms with Gasteiger partial charge in [0.1, 0.15) is 10.5 Å². The first-order valence-electron chi connectivity index (χ1n) is 3.24. The van der Waals surface area contributed by atoms with E-state index < -0.39 is 0 Å². The van der Waals surface area contributed by atoms with E-state index >= 15 is 0 Å². The van der Waals surface area contributed by atoms with Crippen LogP contribution in [0.15, 0.2) is 6.20 Å². The predicted octanol–water partition coefficient (Wildman–Crippen LogP) is 1.09. The zero-order valence-electron chi connectivity index (χ0n) is 6.17. The molecule has 0 atom stereocenters. The molecule has 0 aromatic carbocycles. The van der Waals surface area contributed by atoms with Crippen LogP contribution < -0.4 is 4.68 Å². The Morgan fingerprint density at radius 3 is 2.92 bits per heavy atom. The van der Waals surface area contributed by atoms with Crippen LogP contribution in [0.25, 0.3) is 11.0 Å². The summed E-state index contributed by atoms with van der Waals surface area (Å²) in [5, 5.41) is 4.21. The van der Waals surface area contributed by atoms with Crippen molar-refractivity contribution in [3.05, 3.63) is 16.6 Å². The van der Waals surface area contributed by atoms with Crippen LogP contribution in [0.3, 0.4) is 0 Å². The second-order valence-corrected chi connectivity index (χ2v) is 3.09. The molecule has 0 aliphatic heterocycles. The first-order chi connectivity index (χ1) is 5.66. The lowest BCUT2D eigenvalue weighted by atomic mass is 10.4. The second kappa shape index (κ2) is 2.57. The van der Waals surface area contributed by atoms with Crippen molar-refractivity contribution in [2.75, 3.05) is 0 Å². The van der Waals surface area contributed by atoms with Crippen molar-refractivity contribution in [3.8, 4) is 0 Å². The molecule has 2 rings (SSSR count). The Labute approximate surface area is 78.1 Å². The van der Waals surface area contributed by atoms with Crippen molar-refractivity contribution in [3.63, 3.8) is 0 Å². The molecule has 0 unspecified atom stereocenters. The molecular formula is C6H5Cl2N4+. The summed E-state index contributed by atoms with van der Waals surface area (Å²) in [6.07, 6.45) is 1.80. The lowest BCUT2D eigenvalue weighted by Crippen LogP contribution is -2.28. The van der Waals surface area contributed by atoms with Crippen LogP contribution in [0.4, 0.5) is 0 Å². The Balaban J connectivity index is 2.88. The van der Waals surface area contributed by atoms with Gasteiger partial charge in [-0.1, -0.05) is 11.6 Å². The maximum Gasteiger partial charge on any atom is 0.225 e. The van der Waals surface area contributed by atoms with Gasteiger partial charge < -0.3 is 0 Å². The predicted molar refractivity (Wildman–Crippen MR) is 45.1 cm³/mol. The summed E-state index contributed by atoms with van der Waals surface area (Å²) in [5.74, 6) is 0. The van der Waals surface area contributed by atoms with Gasteiger partial charge in [0.15, 0.2) is 7.05 Å². The van der Waals surface area contributed by atoms with Gasteiger partial charge in [-0.3, -0.25) is 0 Å². The number of nitrogens with zero attached hydrogens (tertiary/aromatic N) is 3. The molecule has 6 heteroatoms. The minimum atomic E-state index is 0.148. The first-order valence-corrected chi connectivity index (χ1v) is 4.00. The molecule has 0 fully saturated rings. The number of halogens is 2. The standard InChI is InChI=1S/C6H4Cl2N4/c1-12-2-3-4(7)9-6(8)10-5(3)11-12/h2H,1H3/p+1. The number of hydrogen-bond acceptors (Lipinski definition) is 2. The van der Waals surface area contributed by atoms with Crippen molar-refractivity contribution in [1.29, 1.82) is 0 Å². The van der Waals surface area contributed by atoms with E-state index in [0.717, 1.165) is 5.39 Å². The van der Waals surface area contributed by atoms with Gasteiger partial charge in [0.05, 0.1) is 0 Å². The van der Waals surface area contributed by atoms with E-state index in [1.807, 2.05) is 7.05 Å². The molecule has 0 radical (unpaired) electrons. The van der Waals surface area contributed by atoms with Gasteiger partial charge in [-0.05, 0) is 11.6 Å². The topological polar surface area (TPSA) is 45.5 Å². The third-order valence-electron chi connectivity index (χ3n) is 1.48. The lowest BCUT2D eigenvalue weighted by molar-refractivity contribution is -0.724. The summed E-state index contributed by atoms with van der Waals surface area (Å²) in [7, 11) is 1.84. The summed E-state index contributed by atoms with van der Waals surface area (Å²) >= 11 is 11.4. The van der Waals surface area contributed by atoms with E-state index in [0.29, 0.717) is 10.8 Å². The van der Waals surface area contributed by atoms with E-state index in [9.17, 15) is 0 Å². The molecule has 0 aliphatic carbocycles. The fraction of sp³-hybridized carbons (Fsp3) is 0.167. The van der Waals surface area contributed by atoms with E-state index in [-0.39, 0.29) is 5.28 Å². The number of hydrogen-bond donors (Lipinski definition) is 1. The van der Waals surface area contributed by atoms with Gasteiger partial charge in [0, 0.05) is 0 Å². The summed E-state index contributed by atoms with van der Waals surface area (Å²) < 4.78 is 1.74. The molecule has 2 heterocycles. The molecule has 0 bridgehead atoms. The molecule has 12 heavy (non-hydrogen) atoms. The van der Waals surface area contributed by atoms with Gasteiger partial charge in [-0.25, -0.2) is 4.98 Å². The van der Waals surface area contributed by atoms with Crippen LogP contribution in [-0.4, -0.2) is 15.1 Å². The Morgan fingerprint density at radius 2 is 2.17 bits per heavy atom. The van der Waals surface area contributed by atoms with E-state index in [1.54, 1.807) is 10.9 Å². The highest BCUT2D eigenvalue weighted by Gasteiger charge is 2.10. The number of rotatable bonds is 0. The second-order valence-electron chi connectivity index (χ2n) is 2.40. The molecule has 2 aromatic heterocycles. The maximum absolute atomic E-state index is 5.81. The number of nitrogens with one attached hydrogen (secondary N) is 1. The van der Waals surface area contributed by atoms with E-state index in [1.165, 1.54) is 0 Å².